The first-order valence-electron chi connectivity index (χ1n) is 9.61. The van der Waals surface area contributed by atoms with Crippen molar-refractivity contribution in [3.63, 3.8) is 0 Å². The summed E-state index contributed by atoms with van der Waals surface area (Å²) in [5.41, 5.74) is 1.36. The molecule has 0 unspecified atom stereocenters. The molecule has 0 spiro atoms. The predicted molar refractivity (Wildman–Crippen MR) is 114 cm³/mol. The van der Waals surface area contributed by atoms with Crippen molar-refractivity contribution >= 4 is 16.7 Å². The minimum Gasteiger partial charge on any atom is -0.489 e. The number of para-hydroxylation sites is 1. The van der Waals surface area contributed by atoms with E-state index in [1.54, 1.807) is 17.0 Å². The van der Waals surface area contributed by atoms with Crippen LogP contribution < -0.4 is 10.3 Å². The second-order valence-corrected chi connectivity index (χ2v) is 6.71. The van der Waals surface area contributed by atoms with Crippen LogP contribution in [0.2, 0.25) is 0 Å². The Balaban J connectivity index is 1.83. The van der Waals surface area contributed by atoms with E-state index in [1.165, 1.54) is 4.68 Å². The highest BCUT2D eigenvalue weighted by atomic mass is 16.5. The van der Waals surface area contributed by atoms with E-state index < -0.39 is 0 Å². The lowest BCUT2D eigenvalue weighted by Gasteiger charge is -2.22. The van der Waals surface area contributed by atoms with Gasteiger partial charge in [0.2, 0.25) is 5.91 Å². The monoisotopic (exact) mass is 391 g/mol. The van der Waals surface area contributed by atoms with Gasteiger partial charge in [-0.15, -0.1) is 0 Å². The molecule has 1 aromatic heterocycles. The molecule has 1 heterocycles. The molecule has 0 aliphatic heterocycles. The minimum absolute atomic E-state index is 0.103. The summed E-state index contributed by atoms with van der Waals surface area (Å²) < 4.78 is 6.94. The molecule has 6 nitrogen and oxygen atoms in total. The molecular formula is C23H25N3O3. The van der Waals surface area contributed by atoms with E-state index in [9.17, 15) is 9.59 Å². The molecule has 3 rings (SSSR count). The first-order valence-corrected chi connectivity index (χ1v) is 9.61. The van der Waals surface area contributed by atoms with Crippen LogP contribution in [0.3, 0.4) is 0 Å². The number of carbonyl (C=O) groups is 1. The maximum absolute atomic E-state index is 12.9. The highest BCUT2D eigenvalue weighted by Crippen LogP contribution is 2.20. The molecule has 0 saturated heterocycles. The van der Waals surface area contributed by atoms with Crippen LogP contribution in [0, 0.1) is 6.92 Å². The lowest BCUT2D eigenvalue weighted by Crippen LogP contribution is -2.37. The molecular weight excluding hydrogens is 366 g/mol. The molecule has 0 atom stereocenters. The highest BCUT2D eigenvalue weighted by molar-refractivity contribution is 5.83. The second kappa shape index (κ2) is 9.19. The lowest BCUT2D eigenvalue weighted by molar-refractivity contribution is -0.132. The van der Waals surface area contributed by atoms with E-state index >= 15 is 0 Å². The van der Waals surface area contributed by atoms with Crippen LogP contribution in [0.15, 0.2) is 66.0 Å². The third-order valence-corrected chi connectivity index (χ3v) is 4.76. The fourth-order valence-electron chi connectivity index (χ4n) is 3.25. The van der Waals surface area contributed by atoms with Crippen LogP contribution in [0.5, 0.6) is 5.75 Å². The molecule has 29 heavy (non-hydrogen) atoms. The quantitative estimate of drug-likeness (QED) is 0.553. The third-order valence-electron chi connectivity index (χ3n) is 4.76. The lowest BCUT2D eigenvalue weighted by atomic mass is 10.1. The first kappa shape index (κ1) is 20.3. The third kappa shape index (κ3) is 4.54. The Labute approximate surface area is 170 Å². The summed E-state index contributed by atoms with van der Waals surface area (Å²) in [5.74, 6) is 0.547. The summed E-state index contributed by atoms with van der Waals surface area (Å²) in [5, 5.41) is 5.72. The molecule has 0 aliphatic rings. The van der Waals surface area contributed by atoms with Gasteiger partial charge in [0.15, 0.2) is 0 Å². The zero-order valence-electron chi connectivity index (χ0n) is 16.8. The summed E-state index contributed by atoms with van der Waals surface area (Å²) in [6, 6.07) is 14.9. The van der Waals surface area contributed by atoms with Crippen molar-refractivity contribution in [2.45, 2.75) is 26.9 Å². The maximum atomic E-state index is 12.9. The van der Waals surface area contributed by atoms with Crippen molar-refractivity contribution in [3.8, 4) is 5.75 Å². The molecule has 0 N–H and O–H groups in total. The smallest absolute Gasteiger partial charge is 0.275 e. The van der Waals surface area contributed by atoms with Gasteiger partial charge >= 0.3 is 0 Å². The Bertz CT molecular complexity index is 1090. The van der Waals surface area contributed by atoms with Gasteiger partial charge in [-0.3, -0.25) is 9.59 Å². The number of aromatic nitrogens is 2. The van der Waals surface area contributed by atoms with Gasteiger partial charge in [0.05, 0.1) is 11.1 Å². The SMILES string of the molecule is C=CCOc1ccccc1CN(CC)C(=O)Cn1nc(C)c2ccccc2c1=O. The number of benzene rings is 2. The molecule has 1 amide bonds. The van der Waals surface area contributed by atoms with Crippen LogP contribution in [0.4, 0.5) is 0 Å². The van der Waals surface area contributed by atoms with Gasteiger partial charge in [0.25, 0.3) is 5.56 Å². The number of rotatable bonds is 8. The van der Waals surface area contributed by atoms with Crippen LogP contribution in [0.1, 0.15) is 18.2 Å². The molecule has 0 saturated carbocycles. The van der Waals surface area contributed by atoms with E-state index in [-0.39, 0.29) is 18.0 Å². The van der Waals surface area contributed by atoms with Gasteiger partial charge in [0.1, 0.15) is 18.9 Å². The van der Waals surface area contributed by atoms with Crippen molar-refractivity contribution in [3.05, 3.63) is 82.8 Å². The van der Waals surface area contributed by atoms with Crippen LogP contribution in [-0.4, -0.2) is 33.7 Å². The average molecular weight is 391 g/mol. The minimum atomic E-state index is -0.259. The number of ether oxygens (including phenoxy) is 1. The van der Waals surface area contributed by atoms with Crippen molar-refractivity contribution in [2.24, 2.45) is 0 Å². The van der Waals surface area contributed by atoms with Crippen LogP contribution in [0.25, 0.3) is 10.8 Å². The van der Waals surface area contributed by atoms with E-state index in [4.69, 9.17) is 4.74 Å². The second-order valence-electron chi connectivity index (χ2n) is 6.71. The van der Waals surface area contributed by atoms with E-state index in [2.05, 4.69) is 11.7 Å². The number of aryl methyl sites for hydroxylation is 1. The Hall–Kier alpha value is -3.41. The Morgan fingerprint density at radius 2 is 1.86 bits per heavy atom. The van der Waals surface area contributed by atoms with Crippen LogP contribution in [-0.2, 0) is 17.9 Å². The number of hydrogen-bond donors (Lipinski definition) is 0. The molecule has 0 radical (unpaired) electrons. The van der Waals surface area contributed by atoms with Gasteiger partial charge in [-0.2, -0.15) is 5.10 Å². The van der Waals surface area contributed by atoms with Gasteiger partial charge in [-0.25, -0.2) is 4.68 Å². The number of hydrogen-bond acceptors (Lipinski definition) is 4. The molecule has 0 fully saturated rings. The average Bonchev–Trinajstić information content (AvgIpc) is 2.74. The van der Waals surface area contributed by atoms with Gasteiger partial charge in [0, 0.05) is 24.0 Å². The van der Waals surface area contributed by atoms with Crippen molar-refractivity contribution in [2.75, 3.05) is 13.2 Å². The number of fused-ring (bicyclic) bond motifs is 1. The molecule has 2 aromatic carbocycles. The number of nitrogens with zero attached hydrogens (tertiary/aromatic N) is 3. The Kier molecular flexibility index (Phi) is 6.44. The van der Waals surface area contributed by atoms with Crippen molar-refractivity contribution in [1.29, 1.82) is 0 Å². The fraction of sp³-hybridized carbons (Fsp3) is 0.261. The highest BCUT2D eigenvalue weighted by Gasteiger charge is 2.17. The first-order chi connectivity index (χ1) is 14.0. The van der Waals surface area contributed by atoms with Crippen molar-refractivity contribution < 1.29 is 9.53 Å². The molecule has 6 heteroatoms. The largest absolute Gasteiger partial charge is 0.489 e. The Morgan fingerprint density at radius 1 is 1.17 bits per heavy atom. The number of likely N-dealkylation sites (N-methyl/N-ethyl adjacent to an activating group) is 1. The zero-order valence-corrected chi connectivity index (χ0v) is 16.8. The summed E-state index contributed by atoms with van der Waals surface area (Å²) in [7, 11) is 0. The zero-order chi connectivity index (χ0) is 20.8. The van der Waals surface area contributed by atoms with Crippen LogP contribution >= 0.6 is 0 Å². The number of amides is 1. The maximum Gasteiger partial charge on any atom is 0.275 e. The van der Waals surface area contributed by atoms with Gasteiger partial charge < -0.3 is 9.64 Å². The van der Waals surface area contributed by atoms with E-state index in [0.717, 1.165) is 22.4 Å². The molecule has 150 valence electrons. The van der Waals surface area contributed by atoms with E-state index in [1.807, 2.05) is 56.3 Å². The fourth-order valence-corrected chi connectivity index (χ4v) is 3.25. The normalized spacial score (nSPS) is 10.7. The standard InChI is InChI=1S/C23H25N3O3/c1-4-14-29-21-13-9-6-10-18(21)15-25(5-2)22(27)16-26-23(28)20-12-8-7-11-19(20)17(3)24-26/h4,6-13H,1,5,14-16H2,2-3H3. The summed E-state index contributed by atoms with van der Waals surface area (Å²) in [6.45, 7) is 8.61. The van der Waals surface area contributed by atoms with E-state index in [0.29, 0.717) is 25.1 Å². The van der Waals surface area contributed by atoms with Gasteiger partial charge in [-0.05, 0) is 26.0 Å². The predicted octanol–water partition coefficient (Wildman–Crippen LogP) is 3.32. The Morgan fingerprint density at radius 3 is 2.59 bits per heavy atom. The number of carbonyl (C=O) groups excluding carboxylic acids is 1. The topological polar surface area (TPSA) is 64.4 Å². The van der Waals surface area contributed by atoms with Gasteiger partial charge in [-0.1, -0.05) is 49.1 Å². The molecule has 3 aromatic rings. The summed E-state index contributed by atoms with van der Waals surface area (Å²) in [6.07, 6.45) is 1.68. The molecule has 0 aliphatic carbocycles. The summed E-state index contributed by atoms with van der Waals surface area (Å²) in [4.78, 5) is 27.4. The van der Waals surface area contributed by atoms with Crippen molar-refractivity contribution in [1.82, 2.24) is 14.7 Å². The summed E-state index contributed by atoms with van der Waals surface area (Å²) >= 11 is 0. The molecule has 0 bridgehead atoms.